The molecular formula is C51H50O6S2. The first-order valence-electron chi connectivity index (χ1n) is 20.2. The van der Waals surface area contributed by atoms with E-state index in [2.05, 4.69) is 20.4 Å². The third-order valence-electron chi connectivity index (χ3n) is 12.6. The quantitative estimate of drug-likeness (QED) is 0.0801. The number of hydrogen-bond acceptors (Lipinski definition) is 6. The molecule has 6 nitrogen and oxygen atoms in total. The fourth-order valence-electron chi connectivity index (χ4n) is 8.12. The maximum atomic E-state index is 13.6. The Labute approximate surface area is 348 Å². The summed E-state index contributed by atoms with van der Waals surface area (Å²) in [7, 11) is -6.89. The average Bonchev–Trinajstić information content (AvgIpc) is 3.24. The molecule has 0 heterocycles. The lowest BCUT2D eigenvalue weighted by atomic mass is 9.77. The van der Waals surface area contributed by atoms with Crippen LogP contribution in [0.5, 0.6) is 0 Å². The maximum Gasteiger partial charge on any atom is 0.193 e. The van der Waals surface area contributed by atoms with Gasteiger partial charge in [-0.05, 0) is 113 Å². The van der Waals surface area contributed by atoms with Crippen molar-refractivity contribution in [3.63, 3.8) is 0 Å². The molecule has 1 fully saturated rings. The molecule has 0 bridgehead atoms. The summed E-state index contributed by atoms with van der Waals surface area (Å²) in [5, 5.41) is 0.797. The van der Waals surface area contributed by atoms with Crippen LogP contribution in [0, 0.1) is 23.7 Å². The zero-order valence-corrected chi connectivity index (χ0v) is 35.8. The molecule has 7 rings (SSSR count). The van der Waals surface area contributed by atoms with Crippen LogP contribution in [0.2, 0.25) is 0 Å². The zero-order chi connectivity index (χ0) is 42.2. The minimum atomic E-state index is -3.52. The second kappa shape index (κ2) is 16.7. The van der Waals surface area contributed by atoms with Crippen LogP contribution < -0.4 is 0 Å². The Balaban J connectivity index is 1.00. The van der Waals surface area contributed by atoms with Crippen LogP contribution in [0.1, 0.15) is 79.3 Å². The number of benzene rings is 6. The zero-order valence-electron chi connectivity index (χ0n) is 34.1. The van der Waals surface area contributed by atoms with Crippen molar-refractivity contribution in [2.45, 2.75) is 67.8 Å². The van der Waals surface area contributed by atoms with Crippen LogP contribution in [-0.2, 0) is 19.7 Å². The van der Waals surface area contributed by atoms with Gasteiger partial charge in [0.2, 0.25) is 0 Å². The van der Waals surface area contributed by atoms with Crippen LogP contribution in [0.4, 0.5) is 0 Å². The van der Waals surface area contributed by atoms with E-state index in [0.29, 0.717) is 39.5 Å². The first kappa shape index (κ1) is 41.7. The summed E-state index contributed by atoms with van der Waals surface area (Å²) in [6, 6.07) is 39.4. The van der Waals surface area contributed by atoms with E-state index in [-0.39, 0.29) is 39.5 Å². The first-order valence-corrected chi connectivity index (χ1v) is 23.3. The van der Waals surface area contributed by atoms with E-state index in [1.807, 2.05) is 74.5 Å². The van der Waals surface area contributed by atoms with Crippen molar-refractivity contribution in [2.75, 3.05) is 0 Å². The van der Waals surface area contributed by atoms with Gasteiger partial charge < -0.3 is 0 Å². The molecule has 0 saturated heterocycles. The Morgan fingerprint density at radius 1 is 0.542 bits per heavy atom. The molecule has 6 aromatic carbocycles. The van der Waals surface area contributed by atoms with Gasteiger partial charge in [0, 0.05) is 22.3 Å². The molecule has 1 saturated carbocycles. The molecule has 302 valence electrons. The van der Waals surface area contributed by atoms with Crippen LogP contribution in [0.15, 0.2) is 156 Å². The summed E-state index contributed by atoms with van der Waals surface area (Å²) in [4.78, 5) is 27.7. The van der Waals surface area contributed by atoms with E-state index in [0.717, 1.165) is 39.4 Å². The molecule has 1 aliphatic rings. The van der Waals surface area contributed by atoms with Crippen molar-refractivity contribution in [2.24, 2.45) is 23.7 Å². The highest BCUT2D eigenvalue weighted by atomic mass is 32.2. The molecule has 0 radical (unpaired) electrons. The highest BCUT2D eigenvalue weighted by Gasteiger charge is 2.42. The Morgan fingerprint density at radius 2 is 0.932 bits per heavy atom. The minimum absolute atomic E-state index is 0.0686. The summed E-state index contributed by atoms with van der Waals surface area (Å²) < 4.78 is 53.1. The first-order chi connectivity index (χ1) is 28.1. The second-order valence-corrected chi connectivity index (χ2v) is 20.9. The van der Waals surface area contributed by atoms with Gasteiger partial charge in [-0.25, -0.2) is 16.8 Å². The molecule has 2 unspecified atom stereocenters. The van der Waals surface area contributed by atoms with Crippen molar-refractivity contribution in [3.8, 4) is 22.3 Å². The van der Waals surface area contributed by atoms with Gasteiger partial charge in [0.1, 0.15) is 0 Å². The standard InChI is InChI=1S/C51H50O6S2/c1-7-33(4)34(5)35(6)58(54,55)46-24-20-38(21-25-46)36-8-12-40(13-9-36)50(52)44-18-16-43-31-45(19-17-42(43)30-44)51(53)41-14-10-37(11-15-41)39-22-26-47(27-23-39)59(56,57)49-29-28-48(49)32(2)3/h7-27,30-35,48-49H,1,28-29H2,2-6H3/t33?,34-,35+,48?,49+/m1/s1. The molecule has 0 amide bonds. The van der Waals surface area contributed by atoms with Crippen LogP contribution in [0.25, 0.3) is 33.0 Å². The minimum Gasteiger partial charge on any atom is -0.289 e. The van der Waals surface area contributed by atoms with E-state index in [1.54, 1.807) is 85.8 Å². The lowest BCUT2D eigenvalue weighted by molar-refractivity contribution is 0.103. The van der Waals surface area contributed by atoms with Crippen molar-refractivity contribution >= 4 is 42.0 Å². The summed E-state index contributed by atoms with van der Waals surface area (Å²) in [5.74, 6) is 0.273. The van der Waals surface area contributed by atoms with Crippen molar-refractivity contribution in [1.29, 1.82) is 0 Å². The summed E-state index contributed by atoms with van der Waals surface area (Å²) >= 11 is 0. The highest BCUT2D eigenvalue weighted by molar-refractivity contribution is 7.92. The lowest BCUT2D eigenvalue weighted by Crippen LogP contribution is -2.41. The van der Waals surface area contributed by atoms with E-state index >= 15 is 0 Å². The number of sulfone groups is 2. The molecule has 0 aliphatic heterocycles. The fraction of sp³-hybridized carbons (Fsp3) is 0.255. The third kappa shape index (κ3) is 8.26. The van der Waals surface area contributed by atoms with Crippen LogP contribution >= 0.6 is 0 Å². The summed E-state index contributed by atoms with van der Waals surface area (Å²) in [5.41, 5.74) is 5.58. The van der Waals surface area contributed by atoms with E-state index < -0.39 is 24.9 Å². The van der Waals surface area contributed by atoms with Crippen molar-refractivity contribution in [3.05, 3.63) is 168 Å². The number of rotatable bonds is 14. The average molecular weight is 823 g/mol. The van der Waals surface area contributed by atoms with E-state index in [9.17, 15) is 26.4 Å². The molecule has 1 aliphatic carbocycles. The maximum absolute atomic E-state index is 13.6. The Bertz CT molecular complexity index is 2750. The SMILES string of the molecule is C=CC(C)[C@@H](C)[C@H](C)S(=O)(=O)c1ccc(-c2ccc(C(=O)c3ccc4cc(C(=O)c5ccc(-c6ccc(S(=O)(=O)[C@H]7CCC7C(C)C)cc6)cc5)ccc4c3)cc2)cc1. The highest BCUT2D eigenvalue weighted by Crippen LogP contribution is 2.41. The van der Waals surface area contributed by atoms with Gasteiger partial charge in [-0.3, -0.25) is 9.59 Å². The smallest absolute Gasteiger partial charge is 0.193 e. The molecule has 59 heavy (non-hydrogen) atoms. The predicted molar refractivity (Wildman–Crippen MR) is 238 cm³/mol. The van der Waals surface area contributed by atoms with Gasteiger partial charge in [-0.2, -0.15) is 0 Å². The Kier molecular flexibility index (Phi) is 11.8. The summed E-state index contributed by atoms with van der Waals surface area (Å²) in [6.45, 7) is 13.6. The fourth-order valence-corrected chi connectivity index (χ4v) is 12.1. The predicted octanol–water partition coefficient (Wildman–Crippen LogP) is 11.5. The lowest BCUT2D eigenvalue weighted by Gasteiger charge is -2.38. The number of fused-ring (bicyclic) bond motifs is 1. The molecule has 6 aromatic rings. The molecule has 0 N–H and O–H groups in total. The Morgan fingerprint density at radius 3 is 1.31 bits per heavy atom. The molecule has 0 aromatic heterocycles. The number of carbonyl (C=O) groups excluding carboxylic acids is 2. The normalized spacial score (nSPS) is 17.2. The third-order valence-corrected chi connectivity index (χ3v) is 17.3. The van der Waals surface area contributed by atoms with Gasteiger partial charge in [-0.1, -0.05) is 131 Å². The van der Waals surface area contributed by atoms with Gasteiger partial charge >= 0.3 is 0 Å². The molecule has 5 atom stereocenters. The number of hydrogen-bond donors (Lipinski definition) is 0. The van der Waals surface area contributed by atoms with Gasteiger partial charge in [0.05, 0.1) is 20.3 Å². The Hall–Kier alpha value is -5.44. The van der Waals surface area contributed by atoms with Crippen molar-refractivity contribution in [1.82, 2.24) is 0 Å². The van der Waals surface area contributed by atoms with Crippen LogP contribution in [0.3, 0.4) is 0 Å². The largest absolute Gasteiger partial charge is 0.289 e. The van der Waals surface area contributed by atoms with Gasteiger partial charge in [0.25, 0.3) is 0 Å². The summed E-state index contributed by atoms with van der Waals surface area (Å²) in [6.07, 6.45) is 3.46. The van der Waals surface area contributed by atoms with E-state index in [1.165, 1.54) is 0 Å². The van der Waals surface area contributed by atoms with Crippen LogP contribution in [-0.4, -0.2) is 38.9 Å². The molecule has 0 spiro atoms. The number of allylic oxidation sites excluding steroid dienone is 1. The van der Waals surface area contributed by atoms with E-state index in [4.69, 9.17) is 0 Å². The number of ketones is 2. The molecular weight excluding hydrogens is 773 g/mol. The van der Waals surface area contributed by atoms with Gasteiger partial charge in [-0.15, -0.1) is 6.58 Å². The number of carbonyl (C=O) groups is 2. The monoisotopic (exact) mass is 822 g/mol. The topological polar surface area (TPSA) is 102 Å². The second-order valence-electron chi connectivity index (χ2n) is 16.4. The van der Waals surface area contributed by atoms with Gasteiger partial charge in [0.15, 0.2) is 31.2 Å². The van der Waals surface area contributed by atoms with Crippen molar-refractivity contribution < 1.29 is 26.4 Å². The molecule has 8 heteroatoms.